The fraction of sp³-hybridized carbons (Fsp3) is 0.400. The summed E-state index contributed by atoms with van der Waals surface area (Å²) in [6.07, 6.45) is -0.901. The highest BCUT2D eigenvalue weighted by Gasteiger charge is 2.39. The molecule has 2 N–H and O–H groups in total. The van der Waals surface area contributed by atoms with Crippen molar-refractivity contribution in [2.75, 3.05) is 31.4 Å². The lowest BCUT2D eigenvalue weighted by Crippen LogP contribution is -2.52. The fourth-order valence-electron chi connectivity index (χ4n) is 3.44. The molecule has 2 aromatic carbocycles. The van der Waals surface area contributed by atoms with E-state index in [4.69, 9.17) is 20.6 Å². The molecule has 0 bridgehead atoms. The van der Waals surface area contributed by atoms with Gasteiger partial charge < -0.3 is 15.0 Å². The number of carbonyl (C=O) groups excluding carboxylic acids is 3. The van der Waals surface area contributed by atoms with Crippen LogP contribution in [0.1, 0.15) is 60.5 Å². The average Bonchev–Trinajstić information content (AvgIpc) is 3.14. The number of morpholine rings is 1. The molecule has 178 valence electrons. The third kappa shape index (κ3) is 4.53. The Balaban J connectivity index is 1.51. The Morgan fingerprint density at radius 2 is 2.06 bits per heavy atom. The molecule has 8 nitrogen and oxygen atoms in total. The Labute approximate surface area is 218 Å². The van der Waals surface area contributed by atoms with Crippen molar-refractivity contribution in [2.24, 2.45) is 0 Å². The maximum absolute atomic E-state index is 15.7. The molecular weight excluding hydrogens is 439 g/mol. The maximum Gasteiger partial charge on any atom is 0.255 e. The normalized spacial score (nSPS) is 37.9. The molecule has 3 heterocycles. The van der Waals surface area contributed by atoms with Crippen molar-refractivity contribution in [3.8, 4) is 0 Å². The van der Waals surface area contributed by atoms with Crippen LogP contribution < -0.4 is 10.6 Å². The zero-order chi connectivity index (χ0) is 37.1. The van der Waals surface area contributed by atoms with Crippen LogP contribution in [0, 0.1) is 5.82 Å². The highest BCUT2D eigenvalue weighted by atomic mass is 19.1. The topological polar surface area (TPSA) is 91.0 Å². The summed E-state index contributed by atoms with van der Waals surface area (Å²) in [4.78, 5) is 37.7. The Kier molecular flexibility index (Phi) is 3.07. The van der Waals surface area contributed by atoms with Crippen molar-refractivity contribution >= 4 is 23.4 Å². The number of fused-ring (bicyclic) bond motifs is 1. The van der Waals surface area contributed by atoms with Crippen LogP contribution in [0.3, 0.4) is 0 Å². The molecule has 0 aromatic heterocycles. The molecule has 3 aliphatic rings. The molecule has 3 amide bonds. The van der Waals surface area contributed by atoms with E-state index in [9.17, 15) is 14.4 Å². The molecule has 0 saturated carbocycles. The van der Waals surface area contributed by atoms with Gasteiger partial charge in [0.05, 0.1) is 25.5 Å². The number of hydrogen-bond acceptors (Lipinski definition) is 6. The standard InChI is InChI=1S/C25H27FN4O4/c26-20-12-16(14-29-8-10-34-11-9-29)4-5-17(20)13-27-21-3-1-2-18-19(21)15-30(25(18)33)22-6-7-23(31)28-24(22)32/h1-5,12,22,27H,6-11,13-15H2,(H,28,31,32)/i8D2,9D2,10D2,11D2,13D2,14D2,15D2,22D. The summed E-state index contributed by atoms with van der Waals surface area (Å²) in [6.45, 7) is -24.0. The van der Waals surface area contributed by atoms with Gasteiger partial charge in [0.2, 0.25) is 11.8 Å². The van der Waals surface area contributed by atoms with Crippen LogP contribution in [0.4, 0.5) is 10.1 Å². The van der Waals surface area contributed by atoms with Crippen molar-refractivity contribution in [3.05, 3.63) is 64.5 Å². The van der Waals surface area contributed by atoms with E-state index in [-0.39, 0.29) is 12.0 Å². The van der Waals surface area contributed by atoms with Crippen molar-refractivity contribution in [1.82, 2.24) is 15.1 Å². The lowest BCUT2D eigenvalue weighted by Gasteiger charge is -2.29. The number of hydrogen-bond donors (Lipinski definition) is 2. The SMILES string of the molecule is [2H]C([2H])(Nc1cccc2c1C([2H])([2H])N(C1([2H])CCC(=O)NC1=O)C2=O)c1ccc(C([2H])([2H])N2C([2H])([2H])C([2H])([2H])OC([2H])([2H])C2([2H])[2H])cc1F. The molecule has 2 aromatic rings. The quantitative estimate of drug-likeness (QED) is 0.614. The molecule has 0 spiro atoms. The summed E-state index contributed by atoms with van der Waals surface area (Å²) < 4.78 is 144. The first-order valence-electron chi connectivity index (χ1n) is 17.5. The van der Waals surface area contributed by atoms with Crippen molar-refractivity contribution in [1.29, 1.82) is 0 Å². The van der Waals surface area contributed by atoms with Crippen LogP contribution in [-0.2, 0) is 33.8 Å². The fourth-order valence-corrected chi connectivity index (χ4v) is 3.44. The van der Waals surface area contributed by atoms with Gasteiger partial charge in [0.1, 0.15) is 11.8 Å². The summed E-state index contributed by atoms with van der Waals surface area (Å²) >= 11 is 0. The predicted octanol–water partition coefficient (Wildman–Crippen LogP) is 2.03. The summed E-state index contributed by atoms with van der Waals surface area (Å²) in [5, 5.41) is 4.20. The monoisotopic (exact) mass is 481 g/mol. The number of ether oxygens (including phenoxy) is 1. The van der Waals surface area contributed by atoms with E-state index in [1.807, 2.05) is 5.32 Å². The molecule has 3 aliphatic heterocycles. The molecule has 2 fully saturated rings. The smallest absolute Gasteiger partial charge is 0.255 e. The lowest BCUT2D eigenvalue weighted by molar-refractivity contribution is -0.136. The Morgan fingerprint density at radius 3 is 2.82 bits per heavy atom. The van der Waals surface area contributed by atoms with Crippen LogP contribution in [0.5, 0.6) is 0 Å². The Bertz CT molecular complexity index is 1750. The summed E-state index contributed by atoms with van der Waals surface area (Å²) in [6, 6.07) is 2.77. The summed E-state index contributed by atoms with van der Waals surface area (Å²) in [7, 11) is 0. The first-order chi connectivity index (χ1) is 22.1. The van der Waals surface area contributed by atoms with Crippen LogP contribution in [0.25, 0.3) is 0 Å². The Hall–Kier alpha value is -3.30. The van der Waals surface area contributed by atoms with Gasteiger partial charge in [-0.05, 0) is 30.2 Å². The van der Waals surface area contributed by atoms with Gasteiger partial charge in [0.15, 0.2) is 0 Å². The van der Waals surface area contributed by atoms with Crippen molar-refractivity contribution in [2.45, 2.75) is 38.4 Å². The molecule has 5 rings (SSSR count). The largest absolute Gasteiger partial charge is 0.381 e. The molecule has 1 unspecified atom stereocenters. The van der Waals surface area contributed by atoms with Gasteiger partial charge in [-0.3, -0.25) is 24.6 Å². The number of benzene rings is 2. The van der Waals surface area contributed by atoms with Crippen LogP contribution in [0.2, 0.25) is 0 Å². The first-order valence-corrected chi connectivity index (χ1v) is 9.99. The molecule has 9 heteroatoms. The second kappa shape index (κ2) is 9.52. The molecule has 34 heavy (non-hydrogen) atoms. The van der Waals surface area contributed by atoms with Gasteiger partial charge in [0.25, 0.3) is 5.91 Å². The predicted molar refractivity (Wildman–Crippen MR) is 122 cm³/mol. The summed E-state index contributed by atoms with van der Waals surface area (Å²) in [5.41, 5.74) is -2.98. The third-order valence-corrected chi connectivity index (χ3v) is 5.05. The zero-order valence-corrected chi connectivity index (χ0v) is 17.3. The van der Waals surface area contributed by atoms with Gasteiger partial charge in [-0.15, -0.1) is 0 Å². The number of halogens is 1. The molecule has 0 aliphatic carbocycles. The van der Waals surface area contributed by atoms with Crippen LogP contribution in [-0.4, -0.2) is 59.7 Å². The minimum Gasteiger partial charge on any atom is -0.381 e. The second-order valence-electron chi connectivity index (χ2n) is 7.23. The number of rotatable bonds is 6. The number of nitrogens with one attached hydrogen (secondary N) is 2. The number of piperidine rings is 1. The molecular formula is C25H27FN4O4. The van der Waals surface area contributed by atoms with Gasteiger partial charge in [-0.25, -0.2) is 4.39 Å². The number of imide groups is 1. The number of anilines is 1. The van der Waals surface area contributed by atoms with E-state index < -0.39 is 109 Å². The Morgan fingerprint density at radius 1 is 1.24 bits per heavy atom. The van der Waals surface area contributed by atoms with Crippen molar-refractivity contribution in [3.63, 3.8) is 0 Å². The molecule has 2 saturated heterocycles. The minimum absolute atomic E-state index is 0.332. The van der Waals surface area contributed by atoms with Crippen molar-refractivity contribution < 1.29 is 44.1 Å². The van der Waals surface area contributed by atoms with E-state index in [0.29, 0.717) is 17.0 Å². The number of nitrogens with zero attached hydrogens (tertiary/aromatic N) is 2. The zero-order valence-electron chi connectivity index (χ0n) is 32.3. The second-order valence-corrected chi connectivity index (χ2v) is 7.23. The number of carbonyl (C=O) groups is 3. The average molecular weight is 482 g/mol. The van der Waals surface area contributed by atoms with Gasteiger partial charge in [-0.2, -0.15) is 0 Å². The van der Waals surface area contributed by atoms with Gasteiger partial charge >= 0.3 is 0 Å². The van der Waals surface area contributed by atoms with Gasteiger partial charge in [0, 0.05) is 69.5 Å². The van der Waals surface area contributed by atoms with Gasteiger partial charge in [-0.1, -0.05) is 18.2 Å². The highest BCUT2D eigenvalue weighted by molar-refractivity contribution is 6.06. The molecule has 0 radical (unpaired) electrons. The number of amides is 3. The van der Waals surface area contributed by atoms with Crippen LogP contribution in [0.15, 0.2) is 36.4 Å². The van der Waals surface area contributed by atoms with E-state index in [1.54, 1.807) is 0 Å². The van der Waals surface area contributed by atoms with Crippen LogP contribution >= 0.6 is 0 Å². The first kappa shape index (κ1) is 11.0. The van der Waals surface area contributed by atoms with E-state index >= 15 is 4.39 Å². The van der Waals surface area contributed by atoms with E-state index in [0.717, 1.165) is 18.2 Å². The maximum atomic E-state index is 15.7. The van der Waals surface area contributed by atoms with E-state index in [2.05, 4.69) is 10.1 Å². The molecule has 1 atom stereocenters. The highest BCUT2D eigenvalue weighted by Crippen LogP contribution is 2.32. The minimum atomic E-state index is -3.68. The van der Waals surface area contributed by atoms with E-state index in [1.165, 1.54) is 6.07 Å². The lowest BCUT2D eigenvalue weighted by atomic mass is 10.0. The summed E-state index contributed by atoms with van der Waals surface area (Å²) in [5.74, 6) is -4.58. The third-order valence-electron chi connectivity index (χ3n) is 5.05.